The molecule has 0 saturated carbocycles. The largest absolute Gasteiger partial charge is 0.464 e. The van der Waals surface area contributed by atoms with E-state index in [0.29, 0.717) is 6.42 Å². The number of esters is 1. The van der Waals surface area contributed by atoms with Crippen LogP contribution in [0.25, 0.3) is 0 Å². The van der Waals surface area contributed by atoms with Gasteiger partial charge in [0.15, 0.2) is 9.90 Å². The van der Waals surface area contributed by atoms with E-state index in [2.05, 4.69) is 14.4 Å². The van der Waals surface area contributed by atoms with Crippen LogP contribution >= 0.6 is 11.3 Å². The third-order valence-corrected chi connectivity index (χ3v) is 5.37. The number of carbonyl (C=O) groups excluding carboxylic acids is 1. The molecule has 7 nitrogen and oxygen atoms in total. The topological polar surface area (TPSA) is 94.6 Å². The van der Waals surface area contributed by atoms with Gasteiger partial charge in [-0.15, -0.1) is 11.3 Å². The Labute approximate surface area is 122 Å². The minimum Gasteiger partial charge on any atom is -0.464 e. The second-order valence-corrected chi connectivity index (χ2v) is 6.81. The van der Waals surface area contributed by atoms with Gasteiger partial charge < -0.3 is 9.47 Å². The summed E-state index contributed by atoms with van der Waals surface area (Å²) in [6.45, 7) is 2.21. The number of hydrogen-bond acceptors (Lipinski definition) is 7. The first-order chi connectivity index (χ1) is 9.46. The van der Waals surface area contributed by atoms with Crippen LogP contribution in [0.2, 0.25) is 0 Å². The van der Waals surface area contributed by atoms with Gasteiger partial charge in [0.05, 0.1) is 19.2 Å². The molecule has 0 spiro atoms. The van der Waals surface area contributed by atoms with E-state index >= 15 is 0 Å². The van der Waals surface area contributed by atoms with E-state index in [1.165, 1.54) is 19.7 Å². The lowest BCUT2D eigenvalue weighted by Crippen LogP contribution is -2.38. The lowest BCUT2D eigenvalue weighted by Gasteiger charge is -2.16. The predicted molar refractivity (Wildman–Crippen MR) is 74.3 cm³/mol. The molecule has 9 heteroatoms. The molecule has 0 saturated heterocycles. The van der Waals surface area contributed by atoms with Gasteiger partial charge in [-0.2, -0.15) is 0 Å². The van der Waals surface area contributed by atoms with Crippen LogP contribution in [-0.2, 0) is 19.5 Å². The number of ether oxygens (including phenoxy) is 2. The van der Waals surface area contributed by atoms with E-state index in [9.17, 15) is 13.2 Å². The number of methoxy groups -OCH3 is 2. The Morgan fingerprint density at radius 2 is 2.20 bits per heavy atom. The van der Waals surface area contributed by atoms with Crippen molar-refractivity contribution in [3.63, 3.8) is 0 Å². The zero-order valence-electron chi connectivity index (χ0n) is 11.6. The summed E-state index contributed by atoms with van der Waals surface area (Å²) >= 11 is 0.875. The summed E-state index contributed by atoms with van der Waals surface area (Å²) in [5.74, 6) is -0.773. The molecule has 0 aromatic carbocycles. The molecule has 0 aliphatic carbocycles. The van der Waals surface area contributed by atoms with Crippen LogP contribution in [0.5, 0.6) is 0 Å². The minimum atomic E-state index is -3.82. The van der Waals surface area contributed by atoms with Crippen molar-refractivity contribution in [2.24, 2.45) is 0 Å². The monoisotopic (exact) mass is 322 g/mol. The van der Waals surface area contributed by atoms with E-state index in [-0.39, 0.29) is 22.6 Å². The van der Waals surface area contributed by atoms with Crippen molar-refractivity contribution in [1.29, 1.82) is 0 Å². The predicted octanol–water partition coefficient (Wildman–Crippen LogP) is 1.02. The molecular formula is C11H18N2O5S2. The Kier molecular flexibility index (Phi) is 6.53. The van der Waals surface area contributed by atoms with E-state index in [0.717, 1.165) is 17.8 Å². The Morgan fingerprint density at radius 1 is 1.50 bits per heavy atom. The molecule has 1 aromatic rings. The molecule has 1 aromatic heterocycles. The van der Waals surface area contributed by atoms with Crippen molar-refractivity contribution in [2.75, 3.05) is 20.8 Å². The van der Waals surface area contributed by atoms with Crippen molar-refractivity contribution >= 4 is 27.3 Å². The second-order valence-electron chi connectivity index (χ2n) is 4.04. The maximum Gasteiger partial charge on any atom is 0.358 e. The van der Waals surface area contributed by atoms with Crippen LogP contribution in [0, 0.1) is 0 Å². The van der Waals surface area contributed by atoms with Crippen molar-refractivity contribution < 1.29 is 22.7 Å². The van der Waals surface area contributed by atoms with Gasteiger partial charge in [0.2, 0.25) is 0 Å². The number of nitrogens with one attached hydrogen (secondary N) is 1. The first-order valence-corrected chi connectivity index (χ1v) is 8.35. The minimum absolute atomic E-state index is 0.137. The fourth-order valence-electron chi connectivity index (χ4n) is 1.66. The number of aromatic nitrogens is 1. The van der Waals surface area contributed by atoms with Gasteiger partial charge in [-0.05, 0) is 6.42 Å². The van der Waals surface area contributed by atoms with E-state index < -0.39 is 16.0 Å². The fourth-order valence-corrected chi connectivity index (χ4v) is 4.06. The molecule has 114 valence electrons. The molecule has 20 heavy (non-hydrogen) atoms. The summed E-state index contributed by atoms with van der Waals surface area (Å²) < 4.78 is 36.5. The molecule has 0 aliphatic heterocycles. The Morgan fingerprint density at radius 3 is 2.75 bits per heavy atom. The van der Waals surface area contributed by atoms with Crippen molar-refractivity contribution in [1.82, 2.24) is 9.71 Å². The summed E-state index contributed by atoms with van der Waals surface area (Å²) in [6.07, 6.45) is 1.45. The van der Waals surface area contributed by atoms with Crippen molar-refractivity contribution in [3.8, 4) is 0 Å². The van der Waals surface area contributed by atoms with Crippen LogP contribution in [0.4, 0.5) is 0 Å². The van der Waals surface area contributed by atoms with E-state index in [1.807, 2.05) is 6.92 Å². The molecule has 1 N–H and O–H groups in total. The zero-order chi connectivity index (χ0) is 15.2. The average molecular weight is 322 g/mol. The van der Waals surface area contributed by atoms with Gasteiger partial charge in [-0.3, -0.25) is 0 Å². The van der Waals surface area contributed by atoms with E-state index in [4.69, 9.17) is 4.74 Å². The quantitative estimate of drug-likeness (QED) is 0.718. The third-order valence-electron chi connectivity index (χ3n) is 2.48. The lowest BCUT2D eigenvalue weighted by atomic mass is 10.2. The highest BCUT2D eigenvalue weighted by Crippen LogP contribution is 2.21. The standard InChI is InChI=1S/C11H18N2O5S2/c1-4-5-8(6-17-2)13-20(15,16)11-9(10(14)18-3)12-7-19-11/h7-8,13H,4-6H2,1-3H3. The summed E-state index contributed by atoms with van der Waals surface area (Å²) in [5.41, 5.74) is 1.10. The zero-order valence-corrected chi connectivity index (χ0v) is 13.2. The Bertz CT molecular complexity index is 535. The van der Waals surface area contributed by atoms with Gasteiger partial charge in [-0.1, -0.05) is 13.3 Å². The Balaban J connectivity index is 2.98. The second kappa shape index (κ2) is 7.67. The van der Waals surface area contributed by atoms with Gasteiger partial charge in [0.25, 0.3) is 10.0 Å². The van der Waals surface area contributed by atoms with Crippen molar-refractivity contribution in [2.45, 2.75) is 30.0 Å². The molecule has 0 bridgehead atoms. The Hall–Kier alpha value is -1.03. The van der Waals surface area contributed by atoms with Crippen molar-refractivity contribution in [3.05, 3.63) is 11.2 Å². The number of thiazole rings is 1. The highest BCUT2D eigenvalue weighted by molar-refractivity contribution is 7.91. The first kappa shape index (κ1) is 17.0. The fraction of sp³-hybridized carbons (Fsp3) is 0.636. The number of sulfonamides is 1. The highest BCUT2D eigenvalue weighted by Gasteiger charge is 2.28. The van der Waals surface area contributed by atoms with Gasteiger partial charge >= 0.3 is 5.97 Å². The summed E-state index contributed by atoms with van der Waals surface area (Å²) in [4.78, 5) is 15.2. The maximum atomic E-state index is 12.3. The molecule has 1 heterocycles. The molecular weight excluding hydrogens is 304 g/mol. The smallest absolute Gasteiger partial charge is 0.358 e. The molecule has 0 amide bonds. The molecule has 0 fully saturated rings. The summed E-state index contributed by atoms with van der Waals surface area (Å²) in [6, 6.07) is -0.345. The molecule has 1 rings (SSSR count). The van der Waals surface area contributed by atoms with Crippen LogP contribution in [0.1, 0.15) is 30.3 Å². The summed E-state index contributed by atoms with van der Waals surface area (Å²) in [7, 11) is -1.14. The highest BCUT2D eigenvalue weighted by atomic mass is 32.2. The van der Waals surface area contributed by atoms with Crippen LogP contribution in [0.3, 0.4) is 0 Å². The summed E-state index contributed by atoms with van der Waals surface area (Å²) in [5, 5.41) is 0. The molecule has 1 atom stereocenters. The third kappa shape index (κ3) is 4.23. The SMILES string of the molecule is CCCC(COC)NS(=O)(=O)c1scnc1C(=O)OC. The van der Waals surface area contributed by atoms with Crippen LogP contribution in [-0.4, -0.2) is 46.2 Å². The number of carbonyl (C=O) groups is 1. The average Bonchev–Trinajstić information content (AvgIpc) is 2.88. The van der Waals surface area contributed by atoms with E-state index in [1.54, 1.807) is 0 Å². The van der Waals surface area contributed by atoms with Crippen LogP contribution in [0.15, 0.2) is 9.72 Å². The van der Waals surface area contributed by atoms with Gasteiger partial charge in [0, 0.05) is 13.2 Å². The number of rotatable bonds is 8. The maximum absolute atomic E-state index is 12.3. The normalized spacial score (nSPS) is 13.2. The lowest BCUT2D eigenvalue weighted by molar-refractivity contribution is 0.0590. The number of hydrogen-bond donors (Lipinski definition) is 1. The molecule has 1 unspecified atom stereocenters. The molecule has 0 radical (unpaired) electrons. The first-order valence-electron chi connectivity index (χ1n) is 5.99. The van der Waals surface area contributed by atoms with Gasteiger partial charge in [-0.25, -0.2) is 22.9 Å². The number of nitrogens with zero attached hydrogens (tertiary/aromatic N) is 1. The van der Waals surface area contributed by atoms with Gasteiger partial charge in [0.1, 0.15) is 0 Å². The van der Waals surface area contributed by atoms with Crippen LogP contribution < -0.4 is 4.72 Å². The molecule has 0 aliphatic rings.